The maximum absolute atomic E-state index is 11.9. The zero-order valence-electron chi connectivity index (χ0n) is 10.4. The summed E-state index contributed by atoms with van der Waals surface area (Å²) in [6.45, 7) is 1.02. The maximum atomic E-state index is 11.9. The number of urea groups is 1. The molecule has 0 spiro atoms. The number of likely N-dealkylation sites (tertiary alicyclic amines) is 1. The van der Waals surface area contributed by atoms with Crippen molar-refractivity contribution in [3.05, 3.63) is 34.9 Å². The maximum Gasteiger partial charge on any atom is 0.317 e. The van der Waals surface area contributed by atoms with Gasteiger partial charge in [-0.3, -0.25) is 0 Å². The molecular weight excluding hydrogens is 268 g/mol. The summed E-state index contributed by atoms with van der Waals surface area (Å²) >= 11 is 5.78. The molecule has 1 aromatic rings. The molecule has 1 aliphatic heterocycles. The lowest BCUT2D eigenvalue weighted by Crippen LogP contribution is -2.51. The number of aliphatic hydroxyl groups excluding tert-OH is 2. The Morgan fingerprint density at radius 1 is 1.32 bits per heavy atom. The van der Waals surface area contributed by atoms with E-state index in [2.05, 4.69) is 5.32 Å². The van der Waals surface area contributed by atoms with Crippen LogP contribution in [0, 0.1) is 0 Å². The van der Waals surface area contributed by atoms with E-state index in [0.29, 0.717) is 24.5 Å². The first-order valence-electron chi connectivity index (χ1n) is 6.19. The molecule has 19 heavy (non-hydrogen) atoms. The number of hydrogen-bond acceptors (Lipinski definition) is 3. The molecule has 1 aromatic carbocycles. The number of benzene rings is 1. The third kappa shape index (κ3) is 3.83. The third-order valence-electron chi connectivity index (χ3n) is 3.19. The summed E-state index contributed by atoms with van der Waals surface area (Å²) in [5.41, 5.74) is 0.954. The fraction of sp³-hybridized carbons (Fsp3) is 0.462. The molecule has 6 heteroatoms. The SMILES string of the molecule is O=C(NCc1ccc(Cl)cc1)N1CC[C@H](O)[C@@H](O)C1. The number of carbonyl (C=O) groups excluding carboxylic acids is 1. The van der Waals surface area contributed by atoms with E-state index in [9.17, 15) is 15.0 Å². The van der Waals surface area contributed by atoms with Crippen molar-refractivity contribution in [3.8, 4) is 0 Å². The van der Waals surface area contributed by atoms with E-state index in [4.69, 9.17) is 11.6 Å². The third-order valence-corrected chi connectivity index (χ3v) is 3.44. The molecular formula is C13H17ClN2O3. The largest absolute Gasteiger partial charge is 0.390 e. The lowest BCUT2D eigenvalue weighted by atomic mass is 10.1. The monoisotopic (exact) mass is 284 g/mol. The van der Waals surface area contributed by atoms with Crippen LogP contribution in [-0.4, -0.2) is 46.4 Å². The van der Waals surface area contributed by atoms with E-state index in [-0.39, 0.29) is 12.6 Å². The average molecular weight is 285 g/mol. The van der Waals surface area contributed by atoms with Gasteiger partial charge in [0.1, 0.15) is 0 Å². The number of carbonyl (C=O) groups is 1. The predicted octanol–water partition coefficient (Wildman–Crippen LogP) is 0.977. The number of piperidine rings is 1. The zero-order valence-corrected chi connectivity index (χ0v) is 11.2. The molecule has 0 radical (unpaired) electrons. The van der Waals surface area contributed by atoms with Crippen LogP contribution in [0.1, 0.15) is 12.0 Å². The van der Waals surface area contributed by atoms with Crippen LogP contribution >= 0.6 is 11.6 Å². The molecule has 1 saturated heterocycles. The van der Waals surface area contributed by atoms with Crippen molar-refractivity contribution in [2.24, 2.45) is 0 Å². The fourth-order valence-corrected chi connectivity index (χ4v) is 2.12. The van der Waals surface area contributed by atoms with E-state index in [0.717, 1.165) is 5.56 Å². The summed E-state index contributed by atoms with van der Waals surface area (Å²) in [6.07, 6.45) is -1.20. The number of aliphatic hydroxyl groups is 2. The Morgan fingerprint density at radius 2 is 2.00 bits per heavy atom. The highest BCUT2D eigenvalue weighted by Crippen LogP contribution is 2.12. The van der Waals surface area contributed by atoms with Crippen molar-refractivity contribution in [1.82, 2.24) is 10.2 Å². The molecule has 0 aromatic heterocycles. The van der Waals surface area contributed by atoms with Crippen LogP contribution in [0.5, 0.6) is 0 Å². The molecule has 1 fully saturated rings. The number of hydrogen-bond donors (Lipinski definition) is 3. The number of β-amino-alcohol motifs (C(OH)–C–C–N with tert-alkyl or cyclic N) is 1. The van der Waals surface area contributed by atoms with Gasteiger partial charge >= 0.3 is 6.03 Å². The molecule has 0 unspecified atom stereocenters. The number of amides is 2. The molecule has 2 amide bonds. The Balaban J connectivity index is 1.83. The van der Waals surface area contributed by atoms with Gasteiger partial charge in [-0.15, -0.1) is 0 Å². The highest BCUT2D eigenvalue weighted by atomic mass is 35.5. The lowest BCUT2D eigenvalue weighted by molar-refractivity contribution is -0.0276. The summed E-state index contributed by atoms with van der Waals surface area (Å²) in [5, 5.41) is 22.3. The van der Waals surface area contributed by atoms with Crippen molar-refractivity contribution in [1.29, 1.82) is 0 Å². The molecule has 2 rings (SSSR count). The minimum Gasteiger partial charge on any atom is -0.390 e. The van der Waals surface area contributed by atoms with E-state index in [1.807, 2.05) is 12.1 Å². The number of rotatable bonds is 2. The van der Waals surface area contributed by atoms with Gasteiger partial charge in [0.2, 0.25) is 0 Å². The summed E-state index contributed by atoms with van der Waals surface area (Å²) in [7, 11) is 0. The first kappa shape index (κ1) is 14.1. The Bertz CT molecular complexity index is 438. The quantitative estimate of drug-likeness (QED) is 0.758. The van der Waals surface area contributed by atoms with Crippen LogP contribution in [-0.2, 0) is 6.54 Å². The average Bonchev–Trinajstić information content (AvgIpc) is 2.41. The minimum atomic E-state index is -0.866. The molecule has 0 saturated carbocycles. The van der Waals surface area contributed by atoms with Gasteiger partial charge in [0.25, 0.3) is 0 Å². The second-order valence-corrected chi connectivity index (χ2v) is 5.09. The molecule has 104 valence electrons. The van der Waals surface area contributed by atoms with Crippen molar-refractivity contribution < 1.29 is 15.0 Å². The summed E-state index contributed by atoms with van der Waals surface area (Å²) < 4.78 is 0. The van der Waals surface area contributed by atoms with Gasteiger partial charge in [-0.1, -0.05) is 23.7 Å². The van der Waals surface area contributed by atoms with Gasteiger partial charge < -0.3 is 20.4 Å². The molecule has 0 bridgehead atoms. The van der Waals surface area contributed by atoms with Crippen LogP contribution in [0.2, 0.25) is 5.02 Å². The van der Waals surface area contributed by atoms with Crippen molar-refractivity contribution in [2.75, 3.05) is 13.1 Å². The highest BCUT2D eigenvalue weighted by Gasteiger charge is 2.28. The molecule has 1 heterocycles. The lowest BCUT2D eigenvalue weighted by Gasteiger charge is -2.33. The Labute approximate surface area is 116 Å². The standard InChI is InChI=1S/C13H17ClN2O3/c14-10-3-1-9(2-4-10)7-15-13(19)16-6-5-11(17)12(18)8-16/h1-4,11-12,17-18H,5-8H2,(H,15,19)/t11-,12-/m0/s1. The zero-order chi connectivity index (χ0) is 13.8. The molecule has 3 N–H and O–H groups in total. The molecule has 2 atom stereocenters. The van der Waals surface area contributed by atoms with Crippen LogP contribution in [0.15, 0.2) is 24.3 Å². The van der Waals surface area contributed by atoms with Crippen LogP contribution in [0.3, 0.4) is 0 Å². The molecule has 0 aliphatic carbocycles. The predicted molar refractivity (Wildman–Crippen MR) is 71.9 cm³/mol. The normalized spacial score (nSPS) is 23.2. The Hall–Kier alpha value is -1.30. The first-order valence-corrected chi connectivity index (χ1v) is 6.57. The second kappa shape index (κ2) is 6.23. The van der Waals surface area contributed by atoms with E-state index in [1.54, 1.807) is 12.1 Å². The van der Waals surface area contributed by atoms with Gasteiger partial charge in [-0.2, -0.15) is 0 Å². The van der Waals surface area contributed by atoms with Crippen molar-refractivity contribution in [3.63, 3.8) is 0 Å². The highest BCUT2D eigenvalue weighted by molar-refractivity contribution is 6.30. The summed E-state index contributed by atoms with van der Waals surface area (Å²) in [4.78, 5) is 13.4. The van der Waals surface area contributed by atoms with Crippen LogP contribution in [0.25, 0.3) is 0 Å². The molecule has 1 aliphatic rings. The number of nitrogens with zero attached hydrogens (tertiary/aromatic N) is 1. The number of halogens is 1. The van der Waals surface area contributed by atoms with E-state index < -0.39 is 12.2 Å². The summed E-state index contributed by atoms with van der Waals surface area (Å²) in [5.74, 6) is 0. The Morgan fingerprint density at radius 3 is 2.63 bits per heavy atom. The van der Waals surface area contributed by atoms with Crippen LogP contribution < -0.4 is 5.32 Å². The molecule has 5 nitrogen and oxygen atoms in total. The smallest absolute Gasteiger partial charge is 0.317 e. The Kier molecular flexibility index (Phi) is 4.63. The van der Waals surface area contributed by atoms with Gasteiger partial charge in [-0.05, 0) is 24.1 Å². The van der Waals surface area contributed by atoms with Gasteiger partial charge in [0.15, 0.2) is 0 Å². The second-order valence-electron chi connectivity index (χ2n) is 4.65. The van der Waals surface area contributed by atoms with Gasteiger partial charge in [0.05, 0.1) is 18.8 Å². The van der Waals surface area contributed by atoms with Gasteiger partial charge in [-0.25, -0.2) is 4.79 Å². The summed E-state index contributed by atoms with van der Waals surface area (Å²) in [6, 6.07) is 6.99. The first-order chi connectivity index (χ1) is 9.06. The minimum absolute atomic E-state index is 0.160. The topological polar surface area (TPSA) is 72.8 Å². The fourth-order valence-electron chi connectivity index (χ4n) is 2.00. The number of nitrogens with one attached hydrogen (secondary N) is 1. The van der Waals surface area contributed by atoms with Crippen molar-refractivity contribution in [2.45, 2.75) is 25.2 Å². The van der Waals surface area contributed by atoms with Crippen molar-refractivity contribution >= 4 is 17.6 Å². The van der Waals surface area contributed by atoms with E-state index >= 15 is 0 Å². The van der Waals surface area contributed by atoms with E-state index in [1.165, 1.54) is 4.90 Å². The van der Waals surface area contributed by atoms with Crippen LogP contribution in [0.4, 0.5) is 4.79 Å². The van der Waals surface area contributed by atoms with Gasteiger partial charge in [0, 0.05) is 18.1 Å².